The minimum Gasteiger partial charge on any atom is -0.489 e. The number of hydrogen-bond acceptors (Lipinski definition) is 2. The van der Waals surface area contributed by atoms with Crippen LogP contribution >= 0.6 is 0 Å². The minimum absolute atomic E-state index is 0.283. The largest absolute Gasteiger partial charge is 0.489 e. The van der Waals surface area contributed by atoms with Crippen molar-refractivity contribution in [2.45, 2.75) is 58.1 Å². The molecule has 0 spiro atoms. The average Bonchev–Trinajstić information content (AvgIpc) is 3.18. The van der Waals surface area contributed by atoms with E-state index in [0.29, 0.717) is 5.92 Å². The van der Waals surface area contributed by atoms with Gasteiger partial charge in [-0.2, -0.15) is 0 Å². The van der Waals surface area contributed by atoms with Gasteiger partial charge in [-0.05, 0) is 36.8 Å². The van der Waals surface area contributed by atoms with Crippen molar-refractivity contribution in [3.05, 3.63) is 29.8 Å². The Balaban J connectivity index is 1.96. The molecule has 1 atom stereocenters. The molecule has 0 amide bonds. The zero-order valence-corrected chi connectivity index (χ0v) is 11.8. The molecule has 0 aliphatic heterocycles. The molecule has 2 rings (SSSR count). The lowest BCUT2D eigenvalue weighted by atomic mass is 10.0. The van der Waals surface area contributed by atoms with E-state index in [9.17, 15) is 0 Å². The number of benzene rings is 1. The third-order valence-electron chi connectivity index (χ3n) is 3.50. The first-order valence-electron chi connectivity index (χ1n) is 7.19. The van der Waals surface area contributed by atoms with Crippen LogP contribution in [0.2, 0.25) is 0 Å². The highest BCUT2D eigenvalue weighted by atomic mass is 16.5. The predicted molar refractivity (Wildman–Crippen MR) is 76.3 cm³/mol. The Hall–Kier alpha value is -1.02. The molecule has 2 nitrogen and oxygen atoms in total. The Morgan fingerprint density at radius 1 is 1.28 bits per heavy atom. The number of hydrogen-bond donors (Lipinski definition) is 1. The summed E-state index contributed by atoms with van der Waals surface area (Å²) in [6.07, 6.45) is 4.00. The van der Waals surface area contributed by atoms with Gasteiger partial charge in [0.05, 0.1) is 0 Å². The molecule has 1 aromatic carbocycles. The Morgan fingerprint density at radius 3 is 2.61 bits per heavy atom. The van der Waals surface area contributed by atoms with E-state index in [1.54, 1.807) is 0 Å². The Labute approximate surface area is 111 Å². The zero-order chi connectivity index (χ0) is 13.0. The molecule has 0 heterocycles. The summed E-state index contributed by atoms with van der Waals surface area (Å²) >= 11 is 0. The van der Waals surface area contributed by atoms with Gasteiger partial charge in [0.1, 0.15) is 11.9 Å². The third-order valence-corrected chi connectivity index (χ3v) is 3.50. The van der Waals surface area contributed by atoms with Crippen molar-refractivity contribution in [1.82, 2.24) is 5.32 Å². The molecule has 1 aliphatic carbocycles. The van der Waals surface area contributed by atoms with Crippen molar-refractivity contribution >= 4 is 0 Å². The molecule has 1 N–H and O–H groups in total. The maximum Gasteiger partial charge on any atom is 0.123 e. The Morgan fingerprint density at radius 2 is 2.00 bits per heavy atom. The number of para-hydroxylation sites is 1. The van der Waals surface area contributed by atoms with E-state index in [1.807, 2.05) is 0 Å². The fourth-order valence-electron chi connectivity index (χ4n) is 2.10. The first kappa shape index (κ1) is 13.4. The van der Waals surface area contributed by atoms with Crippen molar-refractivity contribution in [3.63, 3.8) is 0 Å². The summed E-state index contributed by atoms with van der Waals surface area (Å²) in [6, 6.07) is 9.16. The first-order valence-corrected chi connectivity index (χ1v) is 7.19. The fraction of sp³-hybridized carbons (Fsp3) is 0.625. The maximum atomic E-state index is 6.17. The quantitative estimate of drug-likeness (QED) is 0.793. The van der Waals surface area contributed by atoms with Gasteiger partial charge in [0.2, 0.25) is 0 Å². The lowest BCUT2D eigenvalue weighted by molar-refractivity contribution is 0.190. The number of ether oxygens (including phenoxy) is 1. The van der Waals surface area contributed by atoms with Gasteiger partial charge in [0.15, 0.2) is 0 Å². The van der Waals surface area contributed by atoms with Gasteiger partial charge in [-0.1, -0.05) is 39.0 Å². The monoisotopic (exact) mass is 247 g/mol. The SMILES string of the molecule is CCC(CNC1CC1)Oc1ccccc1C(C)C. The second-order valence-electron chi connectivity index (χ2n) is 5.52. The molecule has 0 aromatic heterocycles. The summed E-state index contributed by atoms with van der Waals surface area (Å²) in [5, 5.41) is 3.55. The van der Waals surface area contributed by atoms with Gasteiger partial charge < -0.3 is 10.1 Å². The molecule has 100 valence electrons. The van der Waals surface area contributed by atoms with Gasteiger partial charge in [-0.15, -0.1) is 0 Å². The van der Waals surface area contributed by atoms with Crippen LogP contribution in [0.25, 0.3) is 0 Å². The second kappa shape index (κ2) is 6.24. The van der Waals surface area contributed by atoms with E-state index in [4.69, 9.17) is 4.74 Å². The Kier molecular flexibility index (Phi) is 4.65. The third kappa shape index (κ3) is 3.74. The summed E-state index contributed by atoms with van der Waals surface area (Å²) in [5.74, 6) is 1.56. The van der Waals surface area contributed by atoms with Crippen molar-refractivity contribution in [1.29, 1.82) is 0 Å². The highest BCUT2D eigenvalue weighted by molar-refractivity contribution is 5.35. The van der Waals surface area contributed by atoms with Gasteiger partial charge in [0, 0.05) is 12.6 Å². The summed E-state index contributed by atoms with van der Waals surface area (Å²) in [7, 11) is 0. The molecule has 0 radical (unpaired) electrons. The molecule has 1 saturated carbocycles. The Bertz CT molecular complexity index is 371. The topological polar surface area (TPSA) is 21.3 Å². The molecular formula is C16H25NO. The predicted octanol–water partition coefficient (Wildman–Crippen LogP) is 3.72. The normalized spacial score (nSPS) is 16.9. The van der Waals surface area contributed by atoms with E-state index in [0.717, 1.165) is 24.8 Å². The second-order valence-corrected chi connectivity index (χ2v) is 5.52. The van der Waals surface area contributed by atoms with Crippen LogP contribution in [0, 0.1) is 0 Å². The first-order chi connectivity index (χ1) is 8.70. The van der Waals surface area contributed by atoms with E-state index in [2.05, 4.69) is 50.4 Å². The van der Waals surface area contributed by atoms with Crippen LogP contribution in [0.1, 0.15) is 51.5 Å². The molecule has 1 aromatic rings. The smallest absolute Gasteiger partial charge is 0.123 e. The van der Waals surface area contributed by atoms with Crippen LogP contribution in [0.15, 0.2) is 24.3 Å². The van der Waals surface area contributed by atoms with Gasteiger partial charge in [0.25, 0.3) is 0 Å². The van der Waals surface area contributed by atoms with E-state index in [1.165, 1.54) is 18.4 Å². The van der Waals surface area contributed by atoms with Crippen molar-refractivity contribution in [2.24, 2.45) is 0 Å². The van der Waals surface area contributed by atoms with Gasteiger partial charge in [-0.25, -0.2) is 0 Å². The van der Waals surface area contributed by atoms with Crippen molar-refractivity contribution in [3.8, 4) is 5.75 Å². The molecule has 18 heavy (non-hydrogen) atoms. The lowest BCUT2D eigenvalue weighted by Gasteiger charge is -2.21. The molecule has 2 heteroatoms. The average molecular weight is 247 g/mol. The van der Waals surface area contributed by atoms with Crippen LogP contribution in [-0.4, -0.2) is 18.7 Å². The number of nitrogens with one attached hydrogen (secondary N) is 1. The molecule has 1 fully saturated rings. The van der Waals surface area contributed by atoms with E-state index >= 15 is 0 Å². The van der Waals surface area contributed by atoms with Gasteiger partial charge >= 0.3 is 0 Å². The summed E-state index contributed by atoms with van der Waals surface area (Å²) in [5.41, 5.74) is 1.31. The number of rotatable bonds is 7. The van der Waals surface area contributed by atoms with Crippen molar-refractivity contribution < 1.29 is 4.74 Å². The zero-order valence-electron chi connectivity index (χ0n) is 11.8. The van der Waals surface area contributed by atoms with Crippen LogP contribution in [0.4, 0.5) is 0 Å². The van der Waals surface area contributed by atoms with Crippen LogP contribution in [-0.2, 0) is 0 Å². The fourth-order valence-corrected chi connectivity index (χ4v) is 2.10. The molecule has 1 aliphatic rings. The van der Waals surface area contributed by atoms with E-state index < -0.39 is 0 Å². The highest BCUT2D eigenvalue weighted by Crippen LogP contribution is 2.27. The summed E-state index contributed by atoms with van der Waals surface area (Å²) < 4.78 is 6.17. The highest BCUT2D eigenvalue weighted by Gasteiger charge is 2.22. The summed E-state index contributed by atoms with van der Waals surface area (Å²) in [6.45, 7) is 7.59. The molecular weight excluding hydrogens is 222 g/mol. The van der Waals surface area contributed by atoms with E-state index in [-0.39, 0.29) is 6.10 Å². The van der Waals surface area contributed by atoms with Crippen LogP contribution in [0.5, 0.6) is 5.75 Å². The van der Waals surface area contributed by atoms with Crippen LogP contribution in [0.3, 0.4) is 0 Å². The maximum absolute atomic E-state index is 6.17. The minimum atomic E-state index is 0.283. The standard InChI is InChI=1S/C16H25NO/c1-4-14(11-17-13-9-10-13)18-16-8-6-5-7-15(16)12(2)3/h5-8,12-14,17H,4,9-11H2,1-3H3. The van der Waals surface area contributed by atoms with Crippen molar-refractivity contribution in [2.75, 3.05) is 6.54 Å². The molecule has 1 unspecified atom stereocenters. The lowest BCUT2D eigenvalue weighted by Crippen LogP contribution is -2.32. The summed E-state index contributed by atoms with van der Waals surface area (Å²) in [4.78, 5) is 0. The molecule has 0 saturated heterocycles. The molecule has 0 bridgehead atoms. The van der Waals surface area contributed by atoms with Crippen LogP contribution < -0.4 is 10.1 Å². The van der Waals surface area contributed by atoms with Gasteiger partial charge in [-0.3, -0.25) is 0 Å².